The first kappa shape index (κ1) is 10.5. The Morgan fingerprint density at radius 2 is 1.86 bits per heavy atom. The quantitative estimate of drug-likeness (QED) is 0.709. The van der Waals surface area contributed by atoms with E-state index in [4.69, 9.17) is 0 Å². The third kappa shape index (κ3) is 2.98. The second kappa shape index (κ2) is 5.16. The monoisotopic (exact) mass is 195 g/mol. The molecule has 2 aliphatic rings. The normalized spacial score (nSPS) is 33.2. The van der Waals surface area contributed by atoms with E-state index in [9.17, 15) is 0 Å². The molecule has 0 amide bonds. The van der Waals surface area contributed by atoms with Crippen LogP contribution < -0.4 is 5.32 Å². The Morgan fingerprint density at radius 3 is 2.57 bits per heavy atom. The highest BCUT2D eigenvalue weighted by Gasteiger charge is 2.24. The van der Waals surface area contributed by atoms with Gasteiger partial charge in [0.05, 0.1) is 0 Å². The Morgan fingerprint density at radius 1 is 1.07 bits per heavy atom. The van der Waals surface area contributed by atoms with Crippen molar-refractivity contribution in [1.29, 1.82) is 0 Å². The van der Waals surface area contributed by atoms with Crippen molar-refractivity contribution < 1.29 is 0 Å². The highest BCUT2D eigenvalue weighted by molar-refractivity contribution is 4.81. The summed E-state index contributed by atoms with van der Waals surface area (Å²) in [6.45, 7) is 3.64. The van der Waals surface area contributed by atoms with E-state index < -0.39 is 0 Å². The molecule has 14 heavy (non-hydrogen) atoms. The molecule has 1 nitrogen and oxygen atoms in total. The molecule has 2 unspecified atom stereocenters. The lowest BCUT2D eigenvalue weighted by Crippen LogP contribution is -2.38. The number of hydrogen-bond acceptors (Lipinski definition) is 1. The second-order valence-electron chi connectivity index (χ2n) is 5.25. The van der Waals surface area contributed by atoms with E-state index in [0.717, 1.165) is 17.9 Å². The lowest BCUT2D eigenvalue weighted by molar-refractivity contribution is 0.254. The first-order valence-electron chi connectivity index (χ1n) is 6.63. The van der Waals surface area contributed by atoms with Gasteiger partial charge in [-0.25, -0.2) is 0 Å². The predicted molar refractivity (Wildman–Crippen MR) is 61.4 cm³/mol. The third-order valence-electron chi connectivity index (χ3n) is 4.09. The van der Waals surface area contributed by atoms with Gasteiger partial charge in [0.15, 0.2) is 0 Å². The molecule has 2 fully saturated rings. The Kier molecular flexibility index (Phi) is 3.86. The maximum absolute atomic E-state index is 3.79. The smallest absolute Gasteiger partial charge is 0.00952 e. The van der Waals surface area contributed by atoms with Gasteiger partial charge in [-0.05, 0) is 37.6 Å². The molecule has 0 aliphatic heterocycles. The molecule has 0 saturated heterocycles. The van der Waals surface area contributed by atoms with Gasteiger partial charge in [-0.1, -0.05) is 39.0 Å². The molecule has 0 aromatic rings. The minimum atomic E-state index is 0.854. The van der Waals surface area contributed by atoms with Gasteiger partial charge in [0, 0.05) is 6.04 Å². The van der Waals surface area contributed by atoms with E-state index in [2.05, 4.69) is 12.2 Å². The molecule has 2 atom stereocenters. The molecule has 2 rings (SSSR count). The zero-order valence-corrected chi connectivity index (χ0v) is 9.60. The van der Waals surface area contributed by atoms with Gasteiger partial charge in [0.1, 0.15) is 0 Å². The van der Waals surface area contributed by atoms with Crippen molar-refractivity contribution in [3.05, 3.63) is 0 Å². The molecule has 2 aliphatic carbocycles. The molecular weight excluding hydrogens is 170 g/mol. The standard InChI is InChI=1S/C13H25N/c1-2-12-5-3-4-6-13(12)14-10-9-11-7-8-11/h11-14H,2-10H2,1H3. The van der Waals surface area contributed by atoms with E-state index in [1.807, 2.05) is 0 Å². The van der Waals surface area contributed by atoms with Crippen LogP contribution in [0.5, 0.6) is 0 Å². The summed E-state index contributed by atoms with van der Waals surface area (Å²) >= 11 is 0. The highest BCUT2D eigenvalue weighted by Crippen LogP contribution is 2.32. The SMILES string of the molecule is CCC1CCCCC1NCCC1CC1. The third-order valence-corrected chi connectivity index (χ3v) is 4.09. The highest BCUT2D eigenvalue weighted by atomic mass is 14.9. The maximum Gasteiger partial charge on any atom is 0.00952 e. The average Bonchev–Trinajstić information content (AvgIpc) is 3.03. The molecule has 82 valence electrons. The zero-order valence-electron chi connectivity index (χ0n) is 9.60. The van der Waals surface area contributed by atoms with E-state index >= 15 is 0 Å². The summed E-state index contributed by atoms with van der Waals surface area (Å²) in [6, 6.07) is 0.854. The van der Waals surface area contributed by atoms with Crippen LogP contribution in [-0.2, 0) is 0 Å². The summed E-state index contributed by atoms with van der Waals surface area (Å²) in [4.78, 5) is 0. The van der Waals surface area contributed by atoms with Crippen molar-refractivity contribution >= 4 is 0 Å². The van der Waals surface area contributed by atoms with Crippen LogP contribution in [0, 0.1) is 11.8 Å². The second-order valence-corrected chi connectivity index (χ2v) is 5.25. The molecule has 0 radical (unpaired) electrons. The Labute approximate surface area is 88.7 Å². The summed E-state index contributed by atoms with van der Waals surface area (Å²) in [7, 11) is 0. The van der Waals surface area contributed by atoms with Crippen LogP contribution in [0.4, 0.5) is 0 Å². The molecule has 0 aromatic carbocycles. The first-order chi connectivity index (χ1) is 6.90. The molecule has 2 saturated carbocycles. The molecule has 0 spiro atoms. The van der Waals surface area contributed by atoms with Crippen molar-refractivity contribution in [2.75, 3.05) is 6.54 Å². The van der Waals surface area contributed by atoms with Gasteiger partial charge in [-0.2, -0.15) is 0 Å². The molecular formula is C13H25N. The van der Waals surface area contributed by atoms with Crippen LogP contribution in [-0.4, -0.2) is 12.6 Å². The van der Waals surface area contributed by atoms with E-state index in [1.54, 1.807) is 0 Å². The van der Waals surface area contributed by atoms with Crippen molar-refractivity contribution in [2.45, 2.75) is 64.3 Å². The largest absolute Gasteiger partial charge is 0.314 e. The van der Waals surface area contributed by atoms with Gasteiger partial charge in [-0.3, -0.25) is 0 Å². The first-order valence-corrected chi connectivity index (χ1v) is 6.63. The van der Waals surface area contributed by atoms with E-state index in [1.165, 1.54) is 57.9 Å². The minimum Gasteiger partial charge on any atom is -0.314 e. The topological polar surface area (TPSA) is 12.0 Å². The maximum atomic E-state index is 3.79. The van der Waals surface area contributed by atoms with Crippen molar-refractivity contribution in [2.24, 2.45) is 11.8 Å². The Bertz CT molecular complexity index is 163. The van der Waals surface area contributed by atoms with Gasteiger partial charge in [0.2, 0.25) is 0 Å². The van der Waals surface area contributed by atoms with Crippen LogP contribution in [0.15, 0.2) is 0 Å². The van der Waals surface area contributed by atoms with Gasteiger partial charge in [0.25, 0.3) is 0 Å². The summed E-state index contributed by atoms with van der Waals surface area (Å²) in [5.41, 5.74) is 0. The lowest BCUT2D eigenvalue weighted by atomic mass is 9.83. The Balaban J connectivity index is 1.64. The summed E-state index contributed by atoms with van der Waals surface area (Å²) in [5.74, 6) is 2.06. The fourth-order valence-corrected chi connectivity index (χ4v) is 2.84. The van der Waals surface area contributed by atoms with Gasteiger partial charge < -0.3 is 5.32 Å². The fraction of sp³-hybridized carbons (Fsp3) is 1.00. The molecule has 0 bridgehead atoms. The minimum absolute atomic E-state index is 0.854. The van der Waals surface area contributed by atoms with E-state index in [0.29, 0.717) is 0 Å². The molecule has 0 aromatic heterocycles. The lowest BCUT2D eigenvalue weighted by Gasteiger charge is -2.31. The van der Waals surface area contributed by atoms with Crippen LogP contribution >= 0.6 is 0 Å². The average molecular weight is 195 g/mol. The summed E-state index contributed by atoms with van der Waals surface area (Å²) < 4.78 is 0. The number of rotatable bonds is 5. The van der Waals surface area contributed by atoms with Crippen LogP contribution in [0.3, 0.4) is 0 Å². The van der Waals surface area contributed by atoms with Gasteiger partial charge in [-0.15, -0.1) is 0 Å². The van der Waals surface area contributed by atoms with Crippen LogP contribution in [0.25, 0.3) is 0 Å². The Hall–Kier alpha value is -0.0400. The van der Waals surface area contributed by atoms with Crippen molar-refractivity contribution in [1.82, 2.24) is 5.32 Å². The molecule has 1 N–H and O–H groups in total. The number of hydrogen-bond donors (Lipinski definition) is 1. The summed E-state index contributed by atoms with van der Waals surface area (Å²) in [5, 5.41) is 3.79. The predicted octanol–water partition coefficient (Wildman–Crippen LogP) is 3.34. The molecule has 1 heteroatoms. The van der Waals surface area contributed by atoms with Crippen LogP contribution in [0.2, 0.25) is 0 Å². The van der Waals surface area contributed by atoms with Gasteiger partial charge >= 0.3 is 0 Å². The fourth-order valence-electron chi connectivity index (χ4n) is 2.84. The number of nitrogens with one attached hydrogen (secondary N) is 1. The zero-order chi connectivity index (χ0) is 9.80. The molecule has 0 heterocycles. The van der Waals surface area contributed by atoms with Crippen LogP contribution in [0.1, 0.15) is 58.3 Å². The summed E-state index contributed by atoms with van der Waals surface area (Å²) in [6.07, 6.45) is 11.7. The van der Waals surface area contributed by atoms with E-state index in [-0.39, 0.29) is 0 Å². The van der Waals surface area contributed by atoms with Crippen molar-refractivity contribution in [3.63, 3.8) is 0 Å². The van der Waals surface area contributed by atoms with Crippen molar-refractivity contribution in [3.8, 4) is 0 Å².